The van der Waals surface area contributed by atoms with E-state index in [0.717, 1.165) is 11.4 Å². The Morgan fingerprint density at radius 1 is 0.538 bits per heavy atom. The van der Waals surface area contributed by atoms with Crippen LogP contribution < -0.4 is 9.80 Å². The first-order chi connectivity index (χ1) is 12.8. The monoisotopic (exact) mass is 342 g/mol. The van der Waals surface area contributed by atoms with Gasteiger partial charge in [-0.1, -0.05) is 48.5 Å². The molecule has 0 spiro atoms. The highest BCUT2D eigenvalue weighted by Crippen LogP contribution is 2.34. The molecule has 0 saturated carbocycles. The number of para-hydroxylation sites is 2. The van der Waals surface area contributed by atoms with E-state index in [0.29, 0.717) is 24.2 Å². The van der Waals surface area contributed by atoms with Crippen molar-refractivity contribution in [2.45, 2.75) is 0 Å². The van der Waals surface area contributed by atoms with E-state index in [1.165, 1.54) is 0 Å². The minimum atomic E-state index is -0.0511. The summed E-state index contributed by atoms with van der Waals surface area (Å²) in [5.74, 6) is -0.102. The molecule has 0 radical (unpaired) electrons. The number of rotatable bonds is 2. The molecule has 3 aromatic rings. The third-order valence-corrected chi connectivity index (χ3v) is 4.54. The highest BCUT2D eigenvalue weighted by molar-refractivity contribution is 6.13. The third-order valence-electron chi connectivity index (χ3n) is 4.54. The zero-order valence-electron chi connectivity index (χ0n) is 14.2. The number of hydrogen-bond acceptors (Lipinski definition) is 2. The van der Waals surface area contributed by atoms with E-state index in [2.05, 4.69) is 0 Å². The maximum absolute atomic E-state index is 12.9. The Bertz CT molecular complexity index is 860. The molecule has 0 saturated heterocycles. The second-order valence-electron chi connectivity index (χ2n) is 6.13. The van der Waals surface area contributed by atoms with Crippen LogP contribution in [-0.2, 0) is 0 Å². The molecule has 2 amide bonds. The van der Waals surface area contributed by atoms with Crippen molar-refractivity contribution in [2.75, 3.05) is 22.9 Å². The van der Waals surface area contributed by atoms with Gasteiger partial charge in [-0.25, -0.2) is 0 Å². The summed E-state index contributed by atoms with van der Waals surface area (Å²) in [6, 6.07) is 26.0. The van der Waals surface area contributed by atoms with Crippen molar-refractivity contribution in [3.05, 3.63) is 96.1 Å². The predicted octanol–water partition coefficient (Wildman–Crippen LogP) is 3.99. The summed E-state index contributed by atoms with van der Waals surface area (Å²) in [6.45, 7) is 0.923. The van der Waals surface area contributed by atoms with Crippen molar-refractivity contribution in [2.24, 2.45) is 0 Å². The number of nitrogens with zero attached hydrogens (tertiary/aromatic N) is 2. The van der Waals surface area contributed by atoms with Crippen LogP contribution in [0.1, 0.15) is 20.7 Å². The second kappa shape index (κ2) is 6.84. The fourth-order valence-corrected chi connectivity index (χ4v) is 3.26. The van der Waals surface area contributed by atoms with Crippen LogP contribution in [0, 0.1) is 0 Å². The van der Waals surface area contributed by atoms with Crippen molar-refractivity contribution in [1.29, 1.82) is 0 Å². The van der Waals surface area contributed by atoms with Crippen LogP contribution >= 0.6 is 0 Å². The summed E-state index contributed by atoms with van der Waals surface area (Å²) in [7, 11) is 0. The van der Waals surface area contributed by atoms with Crippen molar-refractivity contribution < 1.29 is 9.59 Å². The summed E-state index contributed by atoms with van der Waals surface area (Å²) in [5, 5.41) is 0. The van der Waals surface area contributed by atoms with E-state index >= 15 is 0 Å². The van der Waals surface area contributed by atoms with Gasteiger partial charge < -0.3 is 9.80 Å². The second-order valence-corrected chi connectivity index (χ2v) is 6.13. The number of fused-ring (bicyclic) bond motifs is 1. The minimum absolute atomic E-state index is 0.0511. The van der Waals surface area contributed by atoms with Gasteiger partial charge in [-0.3, -0.25) is 9.59 Å². The Kier molecular flexibility index (Phi) is 4.23. The van der Waals surface area contributed by atoms with Gasteiger partial charge >= 0.3 is 0 Å². The number of carbonyl (C=O) groups excluding carboxylic acids is 2. The fourth-order valence-electron chi connectivity index (χ4n) is 3.26. The zero-order chi connectivity index (χ0) is 17.9. The zero-order valence-corrected chi connectivity index (χ0v) is 14.2. The van der Waals surface area contributed by atoms with Gasteiger partial charge in [-0.2, -0.15) is 0 Å². The SMILES string of the molecule is O=C(c1ccccc1)N1CCN(C(=O)c2ccccc2)c2ccccc21. The molecule has 1 heterocycles. The molecule has 0 aliphatic carbocycles. The standard InChI is InChI=1S/C22H18N2O2/c25-21(17-9-3-1-4-10-17)23-15-16-24(20-14-8-7-13-19(20)23)22(26)18-11-5-2-6-12-18/h1-14H,15-16H2. The average Bonchev–Trinajstić information content (AvgIpc) is 2.73. The van der Waals surface area contributed by atoms with Crippen LogP contribution in [0.25, 0.3) is 0 Å². The molecule has 1 aliphatic heterocycles. The van der Waals surface area contributed by atoms with Crippen molar-refractivity contribution in [3.8, 4) is 0 Å². The first-order valence-corrected chi connectivity index (χ1v) is 8.58. The van der Waals surface area contributed by atoms with Crippen LogP contribution in [0.2, 0.25) is 0 Å². The molecule has 4 heteroatoms. The minimum Gasteiger partial charge on any atom is -0.305 e. The number of hydrogen-bond donors (Lipinski definition) is 0. The maximum Gasteiger partial charge on any atom is 0.258 e. The topological polar surface area (TPSA) is 40.6 Å². The van der Waals surface area contributed by atoms with Gasteiger partial charge in [0.1, 0.15) is 0 Å². The van der Waals surface area contributed by atoms with E-state index < -0.39 is 0 Å². The van der Waals surface area contributed by atoms with Crippen LogP contribution in [0.3, 0.4) is 0 Å². The Hall–Kier alpha value is -3.40. The average molecular weight is 342 g/mol. The molecule has 0 atom stereocenters. The smallest absolute Gasteiger partial charge is 0.258 e. The van der Waals surface area contributed by atoms with Gasteiger partial charge in [0.15, 0.2) is 0 Å². The molecule has 3 aromatic carbocycles. The van der Waals surface area contributed by atoms with Crippen LogP contribution in [0.15, 0.2) is 84.9 Å². The number of anilines is 2. The van der Waals surface area contributed by atoms with Gasteiger partial charge in [-0.15, -0.1) is 0 Å². The molecular weight excluding hydrogens is 324 g/mol. The summed E-state index contributed by atoms with van der Waals surface area (Å²) < 4.78 is 0. The van der Waals surface area contributed by atoms with Gasteiger partial charge in [-0.05, 0) is 36.4 Å². The van der Waals surface area contributed by atoms with Gasteiger partial charge in [0.25, 0.3) is 11.8 Å². The number of benzene rings is 3. The largest absolute Gasteiger partial charge is 0.305 e. The summed E-state index contributed by atoms with van der Waals surface area (Å²) in [5.41, 5.74) is 2.81. The number of carbonyl (C=O) groups is 2. The molecule has 0 N–H and O–H groups in total. The molecule has 1 aliphatic rings. The lowest BCUT2D eigenvalue weighted by molar-refractivity contribution is 0.0963. The summed E-state index contributed by atoms with van der Waals surface area (Å²) in [4.78, 5) is 29.4. The van der Waals surface area contributed by atoms with Gasteiger partial charge in [0.05, 0.1) is 11.4 Å². The lowest BCUT2D eigenvalue weighted by atomic mass is 10.1. The highest BCUT2D eigenvalue weighted by Gasteiger charge is 2.30. The summed E-state index contributed by atoms with van der Waals surface area (Å²) in [6.07, 6.45) is 0. The van der Waals surface area contributed by atoms with Crippen molar-refractivity contribution in [3.63, 3.8) is 0 Å². The van der Waals surface area contributed by atoms with E-state index in [1.807, 2.05) is 84.9 Å². The molecular formula is C22H18N2O2. The lowest BCUT2D eigenvalue weighted by Crippen LogP contribution is -2.46. The van der Waals surface area contributed by atoms with Crippen LogP contribution in [0.5, 0.6) is 0 Å². The van der Waals surface area contributed by atoms with Crippen molar-refractivity contribution in [1.82, 2.24) is 0 Å². The maximum atomic E-state index is 12.9. The first-order valence-electron chi connectivity index (χ1n) is 8.58. The molecule has 4 rings (SSSR count). The fraction of sp³-hybridized carbons (Fsp3) is 0.0909. The Labute approximate surface area is 152 Å². The van der Waals surface area contributed by atoms with E-state index in [4.69, 9.17) is 0 Å². The van der Waals surface area contributed by atoms with Crippen LogP contribution in [-0.4, -0.2) is 24.9 Å². The van der Waals surface area contributed by atoms with E-state index in [-0.39, 0.29) is 11.8 Å². The van der Waals surface area contributed by atoms with Crippen molar-refractivity contribution >= 4 is 23.2 Å². The molecule has 128 valence electrons. The normalized spacial score (nSPS) is 13.2. The quantitative estimate of drug-likeness (QED) is 0.706. The lowest BCUT2D eigenvalue weighted by Gasteiger charge is -2.36. The molecule has 4 nitrogen and oxygen atoms in total. The van der Waals surface area contributed by atoms with E-state index in [1.54, 1.807) is 9.80 Å². The molecule has 0 unspecified atom stereocenters. The molecule has 26 heavy (non-hydrogen) atoms. The Balaban J connectivity index is 1.70. The van der Waals surface area contributed by atoms with E-state index in [9.17, 15) is 9.59 Å². The molecule has 0 aromatic heterocycles. The molecule has 0 fully saturated rings. The predicted molar refractivity (Wildman–Crippen MR) is 103 cm³/mol. The highest BCUT2D eigenvalue weighted by atomic mass is 16.2. The third kappa shape index (κ3) is 2.86. The van der Waals surface area contributed by atoms with Gasteiger partial charge in [0, 0.05) is 24.2 Å². The van der Waals surface area contributed by atoms with Gasteiger partial charge in [0.2, 0.25) is 0 Å². The Morgan fingerprint density at radius 3 is 1.27 bits per heavy atom. The first kappa shape index (κ1) is 16.1. The molecule has 0 bridgehead atoms. The summed E-state index contributed by atoms with van der Waals surface area (Å²) >= 11 is 0. The Morgan fingerprint density at radius 2 is 0.885 bits per heavy atom. The number of amides is 2. The van der Waals surface area contributed by atoms with Crippen LogP contribution in [0.4, 0.5) is 11.4 Å².